The number of hydrogen-bond donors (Lipinski definition) is 0. The Hall–Kier alpha value is -2.54. The molecular formula is C24H24V. The van der Waals surface area contributed by atoms with E-state index < -0.39 is 0 Å². The Morgan fingerprint density at radius 2 is 0.720 bits per heavy atom. The zero-order valence-electron chi connectivity index (χ0n) is 14.4. The van der Waals surface area contributed by atoms with Crippen molar-refractivity contribution in [1.82, 2.24) is 0 Å². The molecule has 0 fully saturated rings. The van der Waals surface area contributed by atoms with Crippen molar-refractivity contribution in [2.75, 3.05) is 0 Å². The van der Waals surface area contributed by atoms with Crippen molar-refractivity contribution in [2.24, 2.45) is 0 Å². The second-order valence-electron chi connectivity index (χ2n) is 4.90. The largest absolute Gasteiger partial charge is 4.00 e. The van der Waals surface area contributed by atoms with Crippen molar-refractivity contribution in [1.29, 1.82) is 0 Å². The third-order valence-electron chi connectivity index (χ3n) is 2.80. The van der Waals surface area contributed by atoms with Gasteiger partial charge in [0.05, 0.1) is 0 Å². The minimum atomic E-state index is 0. The summed E-state index contributed by atoms with van der Waals surface area (Å²) < 4.78 is 0. The Labute approximate surface area is 164 Å². The van der Waals surface area contributed by atoms with Crippen LogP contribution in [0.3, 0.4) is 0 Å². The van der Waals surface area contributed by atoms with Gasteiger partial charge in [0, 0.05) is 0 Å². The van der Waals surface area contributed by atoms with Crippen LogP contribution in [0.1, 0.15) is 11.1 Å². The van der Waals surface area contributed by atoms with E-state index in [-0.39, 0.29) is 18.6 Å². The summed E-state index contributed by atoms with van der Waals surface area (Å²) in [6.45, 7) is 7.44. The first-order valence-corrected chi connectivity index (χ1v) is 7.86. The van der Waals surface area contributed by atoms with Gasteiger partial charge in [0.1, 0.15) is 0 Å². The zero-order chi connectivity index (χ0) is 17.3. The maximum Gasteiger partial charge on any atom is 4.00 e. The van der Waals surface area contributed by atoms with Crippen LogP contribution in [0.2, 0.25) is 0 Å². The first kappa shape index (κ1) is 22.5. The molecule has 0 atom stereocenters. The van der Waals surface area contributed by atoms with Gasteiger partial charge < -0.3 is 0 Å². The summed E-state index contributed by atoms with van der Waals surface area (Å²) >= 11 is 0. The summed E-state index contributed by atoms with van der Waals surface area (Å²) in [5.74, 6) is 0. The van der Waals surface area contributed by atoms with E-state index in [0.717, 1.165) is 11.1 Å². The van der Waals surface area contributed by atoms with Crippen LogP contribution in [0.4, 0.5) is 0 Å². The Bertz CT molecular complexity index is 567. The maximum atomic E-state index is 3.72. The van der Waals surface area contributed by atoms with Gasteiger partial charge in [0.2, 0.25) is 0 Å². The van der Waals surface area contributed by atoms with Crippen LogP contribution < -0.4 is 0 Å². The van der Waals surface area contributed by atoms with E-state index in [1.165, 1.54) is 0 Å². The molecule has 0 aliphatic carbocycles. The van der Waals surface area contributed by atoms with Gasteiger partial charge in [-0.3, -0.25) is 0 Å². The number of rotatable bonds is 0. The smallest absolute Gasteiger partial charge is 0.214 e. The average Bonchev–Trinajstić information content (AvgIpc) is 3.36. The Balaban J connectivity index is 0.000000307. The molecule has 4 aromatic carbocycles. The second-order valence-corrected chi connectivity index (χ2v) is 4.90. The van der Waals surface area contributed by atoms with Crippen LogP contribution in [0.5, 0.6) is 0 Å². The molecule has 0 saturated heterocycles. The second kappa shape index (κ2) is 16.3. The predicted molar refractivity (Wildman–Crippen MR) is 106 cm³/mol. The third kappa shape index (κ3) is 14.8. The maximum absolute atomic E-state index is 3.72. The Morgan fingerprint density at radius 3 is 0.840 bits per heavy atom. The van der Waals surface area contributed by atoms with Crippen molar-refractivity contribution < 1.29 is 18.6 Å². The molecule has 125 valence electrons. The fourth-order valence-electron chi connectivity index (χ4n) is 1.60. The first-order chi connectivity index (χ1) is 11.8. The summed E-state index contributed by atoms with van der Waals surface area (Å²) in [4.78, 5) is 0. The molecule has 0 unspecified atom stereocenters. The SMILES string of the molecule is [CH2-]c1ccccc1.[CH2-]c1ccccc1.[V+4].c1cc[cH-]c1.c1cc[cH-]c1. The van der Waals surface area contributed by atoms with Crippen LogP contribution in [-0.2, 0) is 18.6 Å². The van der Waals surface area contributed by atoms with E-state index >= 15 is 0 Å². The van der Waals surface area contributed by atoms with Crippen LogP contribution in [-0.4, -0.2) is 0 Å². The summed E-state index contributed by atoms with van der Waals surface area (Å²) in [5.41, 5.74) is 2.14. The van der Waals surface area contributed by atoms with Gasteiger partial charge in [-0.1, -0.05) is 12.1 Å². The molecule has 1 heteroatoms. The predicted octanol–water partition coefficient (Wildman–Crippen LogP) is 6.55. The van der Waals surface area contributed by atoms with E-state index in [1.54, 1.807) is 0 Å². The normalized spacial score (nSPS) is 8.00. The number of benzene rings is 2. The van der Waals surface area contributed by atoms with E-state index in [9.17, 15) is 0 Å². The molecule has 4 aromatic rings. The van der Waals surface area contributed by atoms with Gasteiger partial charge in [0.15, 0.2) is 0 Å². The third-order valence-corrected chi connectivity index (χ3v) is 2.80. The van der Waals surface area contributed by atoms with E-state index in [4.69, 9.17) is 0 Å². The molecule has 0 nitrogen and oxygen atoms in total. The quantitative estimate of drug-likeness (QED) is 0.311. The standard InChI is InChI=1S/2C7H7.2C5H5.V/c2*1-7-5-3-2-4-6-7;2*1-2-4-5-3-1;/h2*2-6H,1H2;2*1-5H;/q4*-1;+4. The fraction of sp³-hybridized carbons (Fsp3) is 0. The number of hydrogen-bond acceptors (Lipinski definition) is 0. The van der Waals surface area contributed by atoms with Crippen molar-refractivity contribution in [3.05, 3.63) is 146 Å². The summed E-state index contributed by atoms with van der Waals surface area (Å²) in [7, 11) is 0. The molecule has 0 spiro atoms. The Morgan fingerprint density at radius 1 is 0.440 bits per heavy atom. The topological polar surface area (TPSA) is 0 Å². The van der Waals surface area contributed by atoms with E-state index in [1.807, 2.05) is 121 Å². The Kier molecular flexibility index (Phi) is 14.7. The van der Waals surface area contributed by atoms with Crippen molar-refractivity contribution in [2.45, 2.75) is 0 Å². The summed E-state index contributed by atoms with van der Waals surface area (Å²) in [6, 6.07) is 39.7. The van der Waals surface area contributed by atoms with Gasteiger partial charge in [-0.05, 0) is 0 Å². The minimum Gasteiger partial charge on any atom is -0.214 e. The summed E-state index contributed by atoms with van der Waals surface area (Å²) in [6.07, 6.45) is 0. The van der Waals surface area contributed by atoms with E-state index in [2.05, 4.69) is 13.8 Å². The van der Waals surface area contributed by atoms with Gasteiger partial charge >= 0.3 is 18.6 Å². The van der Waals surface area contributed by atoms with Crippen molar-refractivity contribution in [3.8, 4) is 0 Å². The molecule has 0 N–H and O–H groups in total. The van der Waals surface area contributed by atoms with Crippen LogP contribution >= 0.6 is 0 Å². The molecular weight excluding hydrogens is 339 g/mol. The van der Waals surface area contributed by atoms with Crippen molar-refractivity contribution >= 4 is 0 Å². The molecule has 0 bridgehead atoms. The van der Waals surface area contributed by atoms with Gasteiger partial charge in [0.25, 0.3) is 0 Å². The monoisotopic (exact) mass is 363 g/mol. The van der Waals surface area contributed by atoms with Crippen LogP contribution in [0.25, 0.3) is 0 Å². The van der Waals surface area contributed by atoms with Crippen molar-refractivity contribution in [3.63, 3.8) is 0 Å². The molecule has 1 radical (unpaired) electrons. The molecule has 0 aliphatic rings. The van der Waals surface area contributed by atoms with Gasteiger partial charge in [-0.2, -0.15) is 85.6 Å². The first-order valence-electron chi connectivity index (χ1n) is 7.86. The van der Waals surface area contributed by atoms with E-state index in [0.29, 0.717) is 0 Å². The van der Waals surface area contributed by atoms with Gasteiger partial charge in [-0.25, -0.2) is 24.3 Å². The minimum absolute atomic E-state index is 0. The molecule has 0 aliphatic heterocycles. The molecule has 4 rings (SSSR count). The molecule has 25 heavy (non-hydrogen) atoms. The molecule has 0 aromatic heterocycles. The molecule has 0 amide bonds. The van der Waals surface area contributed by atoms with Crippen LogP contribution in [0.15, 0.2) is 121 Å². The summed E-state index contributed by atoms with van der Waals surface area (Å²) in [5, 5.41) is 0. The average molecular weight is 363 g/mol. The fourth-order valence-corrected chi connectivity index (χ4v) is 1.60. The molecule has 0 saturated carbocycles. The zero-order valence-corrected chi connectivity index (χ0v) is 15.8. The van der Waals surface area contributed by atoms with Gasteiger partial charge in [-0.15, -0.1) is 24.3 Å². The molecule has 0 heterocycles. The van der Waals surface area contributed by atoms with Crippen LogP contribution in [0, 0.1) is 13.8 Å².